The SMILES string of the molecule is CCNC(Cc1ccc(F)cc1C)C1(OC)CCCCC1. The first-order valence-electron chi connectivity index (χ1n) is 8.15. The summed E-state index contributed by atoms with van der Waals surface area (Å²) in [7, 11) is 1.84. The Bertz CT molecular complexity index is 455. The van der Waals surface area contributed by atoms with Crippen LogP contribution in [0, 0.1) is 12.7 Å². The van der Waals surface area contributed by atoms with Crippen LogP contribution in [0.1, 0.15) is 50.2 Å². The third-order valence-corrected chi connectivity index (χ3v) is 4.92. The van der Waals surface area contributed by atoms with Gasteiger partial charge in [0.1, 0.15) is 5.82 Å². The van der Waals surface area contributed by atoms with Crippen LogP contribution in [0.5, 0.6) is 0 Å². The Morgan fingerprint density at radius 2 is 2.00 bits per heavy atom. The Hall–Kier alpha value is -0.930. The van der Waals surface area contributed by atoms with Crippen molar-refractivity contribution in [1.82, 2.24) is 5.32 Å². The van der Waals surface area contributed by atoms with Crippen LogP contribution in [0.15, 0.2) is 18.2 Å². The van der Waals surface area contributed by atoms with Gasteiger partial charge in [-0.1, -0.05) is 32.3 Å². The minimum absolute atomic E-state index is 0.0743. The number of halogens is 1. The molecule has 0 saturated heterocycles. The van der Waals surface area contributed by atoms with Crippen LogP contribution in [-0.2, 0) is 11.2 Å². The molecule has 1 aliphatic rings. The van der Waals surface area contributed by atoms with E-state index >= 15 is 0 Å². The summed E-state index contributed by atoms with van der Waals surface area (Å²) >= 11 is 0. The summed E-state index contributed by atoms with van der Waals surface area (Å²) in [6.07, 6.45) is 6.90. The number of nitrogens with one attached hydrogen (secondary N) is 1. The van der Waals surface area contributed by atoms with Gasteiger partial charge in [0.15, 0.2) is 0 Å². The topological polar surface area (TPSA) is 21.3 Å². The molecule has 0 aromatic heterocycles. The lowest BCUT2D eigenvalue weighted by molar-refractivity contribution is -0.0670. The van der Waals surface area contributed by atoms with E-state index in [0.29, 0.717) is 0 Å². The first-order valence-corrected chi connectivity index (χ1v) is 8.15. The predicted octanol–water partition coefficient (Wildman–Crippen LogP) is 4.00. The average molecular weight is 293 g/mol. The summed E-state index contributed by atoms with van der Waals surface area (Å²) in [4.78, 5) is 0. The highest BCUT2D eigenvalue weighted by Gasteiger charge is 2.39. The van der Waals surface area contributed by atoms with E-state index in [1.807, 2.05) is 20.1 Å². The normalized spacial score (nSPS) is 19.4. The van der Waals surface area contributed by atoms with Gasteiger partial charge in [-0.2, -0.15) is 0 Å². The molecule has 2 nitrogen and oxygen atoms in total. The first kappa shape index (κ1) is 16.4. The number of methoxy groups -OCH3 is 1. The lowest BCUT2D eigenvalue weighted by Crippen LogP contribution is -2.54. The monoisotopic (exact) mass is 293 g/mol. The Morgan fingerprint density at radius 3 is 2.57 bits per heavy atom. The fourth-order valence-corrected chi connectivity index (χ4v) is 3.64. The standard InChI is InChI=1S/C18H28FNO/c1-4-20-17(18(21-3)10-6-5-7-11-18)13-15-8-9-16(19)12-14(15)2/h8-9,12,17,20H,4-7,10-11,13H2,1-3H3. The van der Waals surface area contributed by atoms with Gasteiger partial charge in [0.05, 0.1) is 5.60 Å². The summed E-state index contributed by atoms with van der Waals surface area (Å²) in [5.41, 5.74) is 2.17. The zero-order chi connectivity index (χ0) is 15.3. The van der Waals surface area contributed by atoms with Crippen LogP contribution in [0.2, 0.25) is 0 Å². The average Bonchev–Trinajstić information content (AvgIpc) is 2.50. The summed E-state index contributed by atoms with van der Waals surface area (Å²) in [5, 5.41) is 3.62. The maximum atomic E-state index is 13.3. The molecule has 0 radical (unpaired) electrons. The smallest absolute Gasteiger partial charge is 0.123 e. The molecule has 0 heterocycles. The molecule has 3 heteroatoms. The van der Waals surface area contributed by atoms with Crippen LogP contribution in [0.25, 0.3) is 0 Å². The van der Waals surface area contributed by atoms with Gasteiger partial charge >= 0.3 is 0 Å². The Kier molecular flexibility index (Phi) is 5.77. The summed E-state index contributed by atoms with van der Waals surface area (Å²) in [6.45, 7) is 5.05. The second-order valence-corrected chi connectivity index (χ2v) is 6.21. The molecule has 1 fully saturated rings. The largest absolute Gasteiger partial charge is 0.377 e. The third-order valence-electron chi connectivity index (χ3n) is 4.92. The highest BCUT2D eigenvalue weighted by atomic mass is 19.1. The van der Waals surface area contributed by atoms with E-state index in [1.165, 1.54) is 24.8 Å². The van der Waals surface area contributed by atoms with Gasteiger partial charge in [-0.05, 0) is 56.0 Å². The number of hydrogen-bond acceptors (Lipinski definition) is 2. The second kappa shape index (κ2) is 7.37. The molecule has 0 aliphatic heterocycles. The predicted molar refractivity (Wildman–Crippen MR) is 85.1 cm³/mol. The number of hydrogen-bond donors (Lipinski definition) is 1. The van der Waals surface area contributed by atoms with Crippen molar-refractivity contribution in [2.75, 3.05) is 13.7 Å². The molecule has 2 rings (SSSR count). The van der Waals surface area contributed by atoms with E-state index in [2.05, 4.69) is 12.2 Å². The fourth-order valence-electron chi connectivity index (χ4n) is 3.64. The van der Waals surface area contributed by atoms with Crippen LogP contribution < -0.4 is 5.32 Å². The highest BCUT2D eigenvalue weighted by molar-refractivity contribution is 5.28. The number of ether oxygens (including phenoxy) is 1. The van der Waals surface area contributed by atoms with Crippen molar-refractivity contribution in [3.05, 3.63) is 35.1 Å². The first-order chi connectivity index (χ1) is 10.1. The fraction of sp³-hybridized carbons (Fsp3) is 0.667. The number of benzene rings is 1. The van der Waals surface area contributed by atoms with Crippen molar-refractivity contribution in [2.45, 2.75) is 64.0 Å². The van der Waals surface area contributed by atoms with E-state index in [1.54, 1.807) is 12.1 Å². The zero-order valence-corrected chi connectivity index (χ0v) is 13.5. The van der Waals surface area contributed by atoms with Crippen LogP contribution in [0.4, 0.5) is 4.39 Å². The van der Waals surface area contributed by atoms with Crippen LogP contribution >= 0.6 is 0 Å². The molecular weight excluding hydrogens is 265 g/mol. The molecule has 1 N–H and O–H groups in total. The molecule has 1 unspecified atom stereocenters. The van der Waals surface area contributed by atoms with E-state index in [-0.39, 0.29) is 17.5 Å². The lowest BCUT2D eigenvalue weighted by Gasteiger charge is -2.43. The van der Waals surface area contributed by atoms with Crippen molar-refractivity contribution < 1.29 is 9.13 Å². The molecule has 21 heavy (non-hydrogen) atoms. The molecular formula is C18H28FNO. The highest BCUT2D eigenvalue weighted by Crippen LogP contribution is 2.35. The van der Waals surface area contributed by atoms with Crippen molar-refractivity contribution in [3.8, 4) is 0 Å². The second-order valence-electron chi connectivity index (χ2n) is 6.21. The summed E-state index contributed by atoms with van der Waals surface area (Å²) < 4.78 is 19.3. The van der Waals surface area contributed by atoms with E-state index in [0.717, 1.165) is 31.4 Å². The van der Waals surface area contributed by atoms with Crippen molar-refractivity contribution in [2.24, 2.45) is 0 Å². The van der Waals surface area contributed by atoms with Crippen LogP contribution in [-0.4, -0.2) is 25.3 Å². The minimum atomic E-state index is -0.157. The molecule has 0 bridgehead atoms. The lowest BCUT2D eigenvalue weighted by atomic mass is 9.76. The number of aryl methyl sites for hydroxylation is 1. The van der Waals surface area contributed by atoms with Crippen molar-refractivity contribution in [1.29, 1.82) is 0 Å². The maximum absolute atomic E-state index is 13.3. The molecule has 0 spiro atoms. The quantitative estimate of drug-likeness (QED) is 0.856. The molecule has 1 aliphatic carbocycles. The van der Waals surface area contributed by atoms with Gasteiger partial charge in [-0.3, -0.25) is 0 Å². The Morgan fingerprint density at radius 1 is 1.29 bits per heavy atom. The maximum Gasteiger partial charge on any atom is 0.123 e. The zero-order valence-electron chi connectivity index (χ0n) is 13.5. The minimum Gasteiger partial charge on any atom is -0.377 e. The van der Waals surface area contributed by atoms with E-state index in [9.17, 15) is 4.39 Å². The third kappa shape index (κ3) is 3.83. The Labute approximate surface area is 128 Å². The molecule has 1 atom stereocenters. The van der Waals surface area contributed by atoms with Gasteiger partial charge in [0.25, 0.3) is 0 Å². The molecule has 118 valence electrons. The van der Waals surface area contributed by atoms with Gasteiger partial charge in [-0.15, -0.1) is 0 Å². The molecule has 1 saturated carbocycles. The Balaban J connectivity index is 2.21. The van der Waals surface area contributed by atoms with E-state index in [4.69, 9.17) is 4.74 Å². The summed E-state index contributed by atoms with van der Waals surface area (Å²) in [5.74, 6) is -0.157. The number of rotatable bonds is 6. The van der Waals surface area contributed by atoms with Gasteiger partial charge in [0.2, 0.25) is 0 Å². The molecule has 1 aromatic rings. The van der Waals surface area contributed by atoms with E-state index < -0.39 is 0 Å². The van der Waals surface area contributed by atoms with Gasteiger partial charge in [-0.25, -0.2) is 4.39 Å². The number of likely N-dealkylation sites (N-methyl/N-ethyl adjacent to an activating group) is 1. The summed E-state index contributed by atoms with van der Waals surface area (Å²) in [6, 6.07) is 5.39. The van der Waals surface area contributed by atoms with Crippen LogP contribution in [0.3, 0.4) is 0 Å². The van der Waals surface area contributed by atoms with Gasteiger partial charge < -0.3 is 10.1 Å². The van der Waals surface area contributed by atoms with Gasteiger partial charge in [0, 0.05) is 13.2 Å². The van der Waals surface area contributed by atoms with Crippen molar-refractivity contribution >= 4 is 0 Å². The molecule has 0 amide bonds. The molecule has 1 aromatic carbocycles. The van der Waals surface area contributed by atoms with Crippen molar-refractivity contribution in [3.63, 3.8) is 0 Å².